The van der Waals surface area contributed by atoms with Crippen LogP contribution in [0.2, 0.25) is 0 Å². The summed E-state index contributed by atoms with van der Waals surface area (Å²) in [6, 6.07) is 5.92. The van der Waals surface area contributed by atoms with Gasteiger partial charge in [-0.2, -0.15) is 5.10 Å². The second-order valence-corrected chi connectivity index (χ2v) is 6.10. The van der Waals surface area contributed by atoms with E-state index in [1.54, 1.807) is 0 Å². The maximum Gasteiger partial charge on any atom is 0.284 e. The lowest BCUT2D eigenvalue weighted by Gasteiger charge is -2.11. The second kappa shape index (κ2) is 6.82. The van der Waals surface area contributed by atoms with Crippen LogP contribution in [-0.2, 0) is 6.42 Å². The highest BCUT2D eigenvalue weighted by atomic mass is 16.5. The first-order valence-electron chi connectivity index (χ1n) is 7.73. The summed E-state index contributed by atoms with van der Waals surface area (Å²) < 4.78 is 7.19. The van der Waals surface area contributed by atoms with Crippen LogP contribution in [0, 0.1) is 27.7 Å². The molecule has 0 spiro atoms. The van der Waals surface area contributed by atoms with E-state index in [0.29, 0.717) is 0 Å². The van der Waals surface area contributed by atoms with E-state index in [1.165, 1.54) is 4.68 Å². The van der Waals surface area contributed by atoms with E-state index in [0.717, 1.165) is 45.8 Å². The van der Waals surface area contributed by atoms with Gasteiger partial charge in [0.1, 0.15) is 5.75 Å². The minimum atomic E-state index is -0.166. The van der Waals surface area contributed by atoms with Crippen molar-refractivity contribution in [1.82, 2.24) is 9.78 Å². The Labute approximate surface area is 137 Å². The van der Waals surface area contributed by atoms with Crippen molar-refractivity contribution in [3.63, 3.8) is 0 Å². The number of aryl methyl sites for hydroxylation is 3. The number of carbonyl (C=O) groups is 1. The molecule has 2 aromatic rings. The highest BCUT2D eigenvalue weighted by Crippen LogP contribution is 2.22. The summed E-state index contributed by atoms with van der Waals surface area (Å²) in [5.41, 5.74) is 5.89. The van der Waals surface area contributed by atoms with Crippen LogP contribution in [-0.4, -0.2) is 22.3 Å². The lowest BCUT2D eigenvalue weighted by atomic mass is 10.1. The lowest BCUT2D eigenvalue weighted by molar-refractivity contribution is 0.0817. The van der Waals surface area contributed by atoms with Crippen LogP contribution in [0.5, 0.6) is 5.75 Å². The molecule has 1 aromatic heterocycles. The molecule has 0 bridgehead atoms. The van der Waals surface area contributed by atoms with Crippen molar-refractivity contribution in [1.29, 1.82) is 0 Å². The predicted octanol–water partition coefficient (Wildman–Crippen LogP) is 3.95. The van der Waals surface area contributed by atoms with Gasteiger partial charge in [0.2, 0.25) is 0 Å². The van der Waals surface area contributed by atoms with Gasteiger partial charge in [-0.3, -0.25) is 4.79 Å². The maximum absolute atomic E-state index is 12.5. The third-order valence-electron chi connectivity index (χ3n) is 3.90. The number of ether oxygens (including phenoxy) is 1. The van der Waals surface area contributed by atoms with Crippen molar-refractivity contribution in [2.45, 2.75) is 41.0 Å². The van der Waals surface area contributed by atoms with E-state index in [1.807, 2.05) is 52.8 Å². The molecule has 122 valence electrons. The smallest absolute Gasteiger partial charge is 0.284 e. The Hall–Kier alpha value is -2.36. The minimum absolute atomic E-state index is 0.0276. The Balaban J connectivity index is 2.17. The molecule has 0 atom stereocenters. The normalized spacial score (nSPS) is 10.7. The molecule has 4 nitrogen and oxygen atoms in total. The van der Waals surface area contributed by atoms with Crippen molar-refractivity contribution in [3.8, 4) is 5.75 Å². The highest BCUT2D eigenvalue weighted by Gasteiger charge is 2.17. The van der Waals surface area contributed by atoms with Crippen LogP contribution in [0.15, 0.2) is 30.4 Å². The molecule has 0 saturated heterocycles. The number of carbonyl (C=O) groups excluding carboxylic acids is 1. The van der Waals surface area contributed by atoms with Crippen molar-refractivity contribution >= 4 is 5.91 Å². The molecule has 1 heterocycles. The van der Waals surface area contributed by atoms with Gasteiger partial charge in [-0.25, -0.2) is 4.68 Å². The molecule has 4 heteroatoms. The third kappa shape index (κ3) is 3.70. The number of hydrogen-bond donors (Lipinski definition) is 0. The van der Waals surface area contributed by atoms with Crippen molar-refractivity contribution in [2.24, 2.45) is 0 Å². The number of rotatable bonds is 5. The zero-order chi connectivity index (χ0) is 17.1. The number of hydrogen-bond acceptors (Lipinski definition) is 3. The summed E-state index contributed by atoms with van der Waals surface area (Å²) in [5.74, 6) is 0.603. The molecule has 0 N–H and O–H groups in total. The molecule has 0 radical (unpaired) electrons. The molecule has 0 saturated carbocycles. The van der Waals surface area contributed by atoms with Crippen LogP contribution in [0.3, 0.4) is 0 Å². The molecule has 0 aliphatic heterocycles. The average Bonchev–Trinajstić information content (AvgIpc) is 2.74. The highest BCUT2D eigenvalue weighted by molar-refractivity contribution is 5.80. The van der Waals surface area contributed by atoms with Crippen LogP contribution in [0.1, 0.15) is 39.8 Å². The fourth-order valence-corrected chi connectivity index (χ4v) is 2.70. The van der Waals surface area contributed by atoms with Crippen molar-refractivity contribution < 1.29 is 9.53 Å². The van der Waals surface area contributed by atoms with E-state index in [4.69, 9.17) is 4.74 Å². The molecular weight excluding hydrogens is 288 g/mol. The Kier molecular flexibility index (Phi) is 5.04. The Morgan fingerprint density at radius 1 is 1.22 bits per heavy atom. The summed E-state index contributed by atoms with van der Waals surface area (Å²) >= 11 is 0. The van der Waals surface area contributed by atoms with Crippen molar-refractivity contribution in [3.05, 3.63) is 58.4 Å². The van der Waals surface area contributed by atoms with Gasteiger partial charge in [-0.1, -0.05) is 30.4 Å². The Bertz CT molecular complexity index is 737. The molecule has 2 rings (SSSR count). The summed E-state index contributed by atoms with van der Waals surface area (Å²) in [4.78, 5) is 12.5. The molecule has 0 amide bonds. The van der Waals surface area contributed by atoms with Gasteiger partial charge in [0.15, 0.2) is 6.61 Å². The first kappa shape index (κ1) is 17.0. The monoisotopic (exact) mass is 312 g/mol. The molecule has 0 aliphatic rings. The lowest BCUT2D eigenvalue weighted by Crippen LogP contribution is -2.22. The fourth-order valence-electron chi connectivity index (χ4n) is 2.70. The Morgan fingerprint density at radius 3 is 2.39 bits per heavy atom. The SMILES string of the molecule is C=C(C)Cc1c(C)nn(C(=O)COc2c(C)cccc2C)c1C. The summed E-state index contributed by atoms with van der Waals surface area (Å²) in [6.07, 6.45) is 0.739. The van der Waals surface area contributed by atoms with Crippen LogP contribution in [0.25, 0.3) is 0 Å². The summed E-state index contributed by atoms with van der Waals surface area (Å²) in [6.45, 7) is 13.7. The van der Waals surface area contributed by atoms with E-state index in [-0.39, 0.29) is 12.5 Å². The molecular formula is C19H24N2O2. The maximum atomic E-state index is 12.5. The number of aromatic nitrogens is 2. The average molecular weight is 312 g/mol. The topological polar surface area (TPSA) is 44.1 Å². The van der Waals surface area contributed by atoms with Crippen LogP contribution >= 0.6 is 0 Å². The van der Waals surface area contributed by atoms with Gasteiger partial charge < -0.3 is 4.74 Å². The summed E-state index contributed by atoms with van der Waals surface area (Å²) in [7, 11) is 0. The Morgan fingerprint density at radius 2 is 1.83 bits per heavy atom. The van der Waals surface area contributed by atoms with Gasteiger partial charge in [0.05, 0.1) is 5.69 Å². The molecule has 0 unspecified atom stereocenters. The molecule has 0 aliphatic carbocycles. The van der Waals surface area contributed by atoms with Crippen LogP contribution in [0.4, 0.5) is 0 Å². The van der Waals surface area contributed by atoms with E-state index >= 15 is 0 Å². The first-order chi connectivity index (χ1) is 10.8. The van der Waals surface area contributed by atoms with Crippen molar-refractivity contribution in [2.75, 3.05) is 6.61 Å². The van der Waals surface area contributed by atoms with Gasteiger partial charge >= 0.3 is 0 Å². The minimum Gasteiger partial charge on any atom is -0.483 e. The van der Waals surface area contributed by atoms with Gasteiger partial charge in [0, 0.05) is 11.3 Å². The summed E-state index contributed by atoms with van der Waals surface area (Å²) in [5, 5.41) is 4.37. The zero-order valence-corrected chi connectivity index (χ0v) is 14.6. The second-order valence-electron chi connectivity index (χ2n) is 6.10. The van der Waals surface area contributed by atoms with E-state index in [9.17, 15) is 4.79 Å². The molecule has 0 fully saturated rings. The standard InChI is InChI=1S/C19H24N2O2/c1-12(2)10-17-15(5)20-21(16(17)6)18(22)11-23-19-13(3)8-7-9-14(19)4/h7-9H,1,10-11H2,2-6H3. The van der Waals surface area contributed by atoms with Gasteiger partial charge in [-0.15, -0.1) is 0 Å². The number of benzene rings is 1. The fraction of sp³-hybridized carbons (Fsp3) is 0.368. The van der Waals surface area contributed by atoms with Gasteiger partial charge in [0.25, 0.3) is 5.91 Å². The number of allylic oxidation sites excluding steroid dienone is 1. The predicted molar refractivity (Wildman–Crippen MR) is 92.3 cm³/mol. The zero-order valence-electron chi connectivity index (χ0n) is 14.6. The molecule has 23 heavy (non-hydrogen) atoms. The first-order valence-corrected chi connectivity index (χ1v) is 7.73. The van der Waals surface area contributed by atoms with E-state index in [2.05, 4.69) is 11.7 Å². The quantitative estimate of drug-likeness (QED) is 0.785. The van der Waals surface area contributed by atoms with Crippen LogP contribution < -0.4 is 4.74 Å². The number of para-hydroxylation sites is 1. The largest absolute Gasteiger partial charge is 0.483 e. The molecule has 1 aromatic carbocycles. The third-order valence-corrected chi connectivity index (χ3v) is 3.90. The van der Waals surface area contributed by atoms with E-state index < -0.39 is 0 Å². The number of nitrogens with zero attached hydrogens (tertiary/aromatic N) is 2. The van der Waals surface area contributed by atoms with Gasteiger partial charge in [-0.05, 0) is 52.2 Å².